The van der Waals surface area contributed by atoms with Crippen molar-refractivity contribution in [3.8, 4) is 11.1 Å². The van der Waals surface area contributed by atoms with E-state index in [4.69, 9.17) is 16.6 Å². The number of rotatable bonds is 5. The molecule has 1 aromatic carbocycles. The maximum Gasteiger partial charge on any atom is 0.147 e. The fourth-order valence-electron chi connectivity index (χ4n) is 4.96. The van der Waals surface area contributed by atoms with Crippen LogP contribution in [0.5, 0.6) is 0 Å². The Hall–Kier alpha value is -2.05. The van der Waals surface area contributed by atoms with Gasteiger partial charge in [0.05, 0.1) is 23.6 Å². The second-order valence-electron chi connectivity index (χ2n) is 8.71. The molecule has 1 spiro atoms. The van der Waals surface area contributed by atoms with Crippen molar-refractivity contribution in [3.05, 3.63) is 48.0 Å². The van der Waals surface area contributed by atoms with Gasteiger partial charge >= 0.3 is 0 Å². The van der Waals surface area contributed by atoms with E-state index in [-0.39, 0.29) is 0 Å². The lowest BCUT2D eigenvalue weighted by Gasteiger charge is -2.39. The van der Waals surface area contributed by atoms with Crippen molar-refractivity contribution < 1.29 is 0 Å². The van der Waals surface area contributed by atoms with Gasteiger partial charge in [0.15, 0.2) is 0 Å². The number of halogens is 1. The topological polar surface area (TPSA) is 46.8 Å². The summed E-state index contributed by atoms with van der Waals surface area (Å²) >= 11 is 8.30. The molecule has 3 heterocycles. The Kier molecular flexibility index (Phi) is 5.93. The van der Waals surface area contributed by atoms with Gasteiger partial charge in [0, 0.05) is 41.9 Å². The van der Waals surface area contributed by atoms with E-state index in [9.17, 15) is 0 Å². The molecular formula is C24H28ClN5S. The molecule has 1 saturated carbocycles. The van der Waals surface area contributed by atoms with Crippen molar-refractivity contribution in [1.82, 2.24) is 19.7 Å². The Morgan fingerprint density at radius 1 is 1.03 bits per heavy atom. The fraction of sp³-hybridized carbons (Fsp3) is 0.458. The van der Waals surface area contributed by atoms with E-state index in [1.165, 1.54) is 38.5 Å². The van der Waals surface area contributed by atoms with E-state index in [1.54, 1.807) is 11.8 Å². The van der Waals surface area contributed by atoms with Crippen LogP contribution in [0.15, 0.2) is 52.9 Å². The van der Waals surface area contributed by atoms with E-state index in [1.807, 2.05) is 47.7 Å². The third kappa shape index (κ3) is 4.33. The molecule has 1 aliphatic carbocycles. The first-order valence-corrected chi connectivity index (χ1v) is 12.4. The van der Waals surface area contributed by atoms with Crippen molar-refractivity contribution in [1.29, 1.82) is 0 Å². The Morgan fingerprint density at radius 2 is 1.84 bits per heavy atom. The van der Waals surface area contributed by atoms with Crippen molar-refractivity contribution in [2.45, 2.75) is 61.9 Å². The Labute approximate surface area is 193 Å². The Bertz CT molecular complexity index is 1030. The van der Waals surface area contributed by atoms with Crippen LogP contribution in [-0.4, -0.2) is 32.8 Å². The first kappa shape index (κ1) is 20.8. The SMILES string of the molecule is CCn1cc(-c2cccc(Sc3cnc(N4CCC5(CCCC5)CC4)cn3)c2Cl)cn1. The van der Waals surface area contributed by atoms with Gasteiger partial charge in [-0.3, -0.25) is 4.68 Å². The molecule has 2 aliphatic rings. The number of aryl methyl sites for hydroxylation is 1. The average molecular weight is 454 g/mol. The molecule has 3 aromatic rings. The highest BCUT2D eigenvalue weighted by molar-refractivity contribution is 7.99. The molecule has 0 amide bonds. The summed E-state index contributed by atoms with van der Waals surface area (Å²) in [5.74, 6) is 0.990. The van der Waals surface area contributed by atoms with Gasteiger partial charge in [-0.25, -0.2) is 9.97 Å². The number of piperidine rings is 1. The summed E-state index contributed by atoms with van der Waals surface area (Å²) in [4.78, 5) is 12.8. The standard InChI is InChI=1S/C24H28ClN5S/c1-2-30-17-18(14-28-30)19-6-5-7-20(23(19)25)31-22-16-26-21(15-27-22)29-12-10-24(11-13-29)8-3-4-9-24/h5-7,14-17H,2-4,8-13H2,1H3. The molecule has 5 rings (SSSR count). The van der Waals surface area contributed by atoms with Crippen molar-refractivity contribution in [2.75, 3.05) is 18.0 Å². The molecule has 0 bridgehead atoms. The number of hydrogen-bond acceptors (Lipinski definition) is 5. The molecular weight excluding hydrogens is 426 g/mol. The summed E-state index contributed by atoms with van der Waals surface area (Å²) < 4.78 is 1.91. The zero-order valence-corrected chi connectivity index (χ0v) is 19.5. The summed E-state index contributed by atoms with van der Waals surface area (Å²) in [6, 6.07) is 6.09. The molecule has 2 fully saturated rings. The summed E-state index contributed by atoms with van der Waals surface area (Å²) in [6.45, 7) is 5.11. The van der Waals surface area contributed by atoms with Gasteiger partial charge < -0.3 is 4.90 Å². The minimum Gasteiger partial charge on any atom is -0.355 e. The van der Waals surface area contributed by atoms with Crippen LogP contribution in [0.3, 0.4) is 0 Å². The second-order valence-corrected chi connectivity index (χ2v) is 10.2. The predicted molar refractivity (Wildman–Crippen MR) is 127 cm³/mol. The third-order valence-corrected chi connectivity index (χ3v) is 8.37. The first-order chi connectivity index (χ1) is 15.2. The number of benzene rings is 1. The van der Waals surface area contributed by atoms with Gasteiger partial charge in [-0.05, 0) is 44.1 Å². The van der Waals surface area contributed by atoms with Crippen molar-refractivity contribution >= 4 is 29.2 Å². The van der Waals surface area contributed by atoms with Crippen LogP contribution in [0, 0.1) is 5.41 Å². The molecule has 0 N–H and O–H groups in total. The highest BCUT2D eigenvalue weighted by Gasteiger charge is 2.37. The van der Waals surface area contributed by atoms with Crippen LogP contribution < -0.4 is 4.90 Å². The van der Waals surface area contributed by atoms with Gasteiger partial charge in [-0.15, -0.1) is 0 Å². The first-order valence-electron chi connectivity index (χ1n) is 11.2. The lowest BCUT2D eigenvalue weighted by molar-refractivity contribution is 0.226. The molecule has 0 radical (unpaired) electrons. The minimum atomic E-state index is 0.620. The molecule has 0 unspecified atom stereocenters. The smallest absolute Gasteiger partial charge is 0.147 e. The van der Waals surface area contributed by atoms with Gasteiger partial charge in [0.1, 0.15) is 10.8 Å². The largest absolute Gasteiger partial charge is 0.355 e. The minimum absolute atomic E-state index is 0.620. The summed E-state index contributed by atoms with van der Waals surface area (Å²) in [6.07, 6.45) is 15.9. The highest BCUT2D eigenvalue weighted by atomic mass is 35.5. The molecule has 0 atom stereocenters. The lowest BCUT2D eigenvalue weighted by atomic mass is 9.77. The van der Waals surface area contributed by atoms with Gasteiger partial charge in [-0.2, -0.15) is 5.10 Å². The average Bonchev–Trinajstić information content (AvgIpc) is 3.46. The van der Waals surface area contributed by atoms with Gasteiger partial charge in [-0.1, -0.05) is 48.3 Å². The van der Waals surface area contributed by atoms with Crippen LogP contribution in [-0.2, 0) is 6.54 Å². The summed E-state index contributed by atoms with van der Waals surface area (Å²) in [5, 5.41) is 5.95. The van der Waals surface area contributed by atoms with E-state index in [2.05, 4.69) is 21.9 Å². The Morgan fingerprint density at radius 3 is 2.52 bits per heavy atom. The maximum absolute atomic E-state index is 6.74. The van der Waals surface area contributed by atoms with E-state index < -0.39 is 0 Å². The molecule has 7 heteroatoms. The van der Waals surface area contributed by atoms with E-state index >= 15 is 0 Å². The second kappa shape index (κ2) is 8.83. The van der Waals surface area contributed by atoms with E-state index in [0.29, 0.717) is 5.41 Å². The van der Waals surface area contributed by atoms with Crippen LogP contribution in [0.1, 0.15) is 45.4 Å². The maximum atomic E-state index is 6.74. The quantitative estimate of drug-likeness (QED) is 0.452. The van der Waals surface area contributed by atoms with Crippen LogP contribution in [0.4, 0.5) is 5.82 Å². The fourth-order valence-corrected chi connectivity index (χ4v) is 6.09. The number of anilines is 1. The van der Waals surface area contributed by atoms with Crippen LogP contribution in [0.2, 0.25) is 5.02 Å². The molecule has 162 valence electrons. The number of nitrogens with zero attached hydrogens (tertiary/aromatic N) is 5. The predicted octanol–water partition coefficient (Wildman–Crippen LogP) is 6.33. The normalized spacial score (nSPS) is 18.1. The van der Waals surface area contributed by atoms with Crippen molar-refractivity contribution in [2.24, 2.45) is 5.41 Å². The number of aromatic nitrogens is 4. The summed E-state index contributed by atoms with van der Waals surface area (Å²) in [7, 11) is 0. The van der Waals surface area contributed by atoms with E-state index in [0.717, 1.165) is 51.5 Å². The van der Waals surface area contributed by atoms with Gasteiger partial charge in [0.25, 0.3) is 0 Å². The third-order valence-electron chi connectivity index (χ3n) is 6.87. The zero-order valence-electron chi connectivity index (χ0n) is 17.9. The van der Waals surface area contributed by atoms with Crippen LogP contribution in [0.25, 0.3) is 11.1 Å². The Balaban J connectivity index is 1.27. The zero-order chi connectivity index (χ0) is 21.3. The molecule has 2 aromatic heterocycles. The molecule has 1 saturated heterocycles. The monoisotopic (exact) mass is 453 g/mol. The molecule has 1 aliphatic heterocycles. The molecule has 31 heavy (non-hydrogen) atoms. The van der Waals surface area contributed by atoms with Crippen LogP contribution >= 0.6 is 23.4 Å². The summed E-state index contributed by atoms with van der Waals surface area (Å²) in [5.41, 5.74) is 2.64. The van der Waals surface area contributed by atoms with Crippen molar-refractivity contribution in [3.63, 3.8) is 0 Å². The lowest BCUT2D eigenvalue weighted by Crippen LogP contribution is -2.39. The highest BCUT2D eigenvalue weighted by Crippen LogP contribution is 2.46. The number of hydrogen-bond donors (Lipinski definition) is 0. The molecule has 5 nitrogen and oxygen atoms in total. The van der Waals surface area contributed by atoms with Gasteiger partial charge in [0.2, 0.25) is 0 Å².